The van der Waals surface area contributed by atoms with Crippen LogP contribution in [0.2, 0.25) is 0 Å². The van der Waals surface area contributed by atoms with Crippen LogP contribution in [0.3, 0.4) is 0 Å². The molecule has 1 aliphatic heterocycles. The van der Waals surface area contributed by atoms with E-state index in [0.29, 0.717) is 0 Å². The van der Waals surface area contributed by atoms with Gasteiger partial charge < -0.3 is 10.6 Å². The second kappa shape index (κ2) is 5.84. The first-order valence-corrected chi connectivity index (χ1v) is 6.02. The molecule has 0 saturated carbocycles. The van der Waals surface area contributed by atoms with Crippen LogP contribution in [0.5, 0.6) is 0 Å². The summed E-state index contributed by atoms with van der Waals surface area (Å²) in [7, 11) is 0. The van der Waals surface area contributed by atoms with Crippen LogP contribution < -0.4 is 5.73 Å². The van der Waals surface area contributed by atoms with Gasteiger partial charge in [-0.05, 0) is 30.4 Å². The van der Waals surface area contributed by atoms with Crippen LogP contribution in [0, 0.1) is 5.92 Å². The third-order valence-electron chi connectivity index (χ3n) is 2.43. The van der Waals surface area contributed by atoms with Gasteiger partial charge in [0.05, 0.1) is 0 Å². The average Bonchev–Trinajstić information content (AvgIpc) is 2.56. The van der Waals surface area contributed by atoms with Crippen LogP contribution in [-0.2, 0) is 0 Å². The van der Waals surface area contributed by atoms with E-state index in [-0.39, 0.29) is 0 Å². The number of rotatable bonds is 5. The van der Waals surface area contributed by atoms with Gasteiger partial charge in [-0.25, -0.2) is 0 Å². The Kier molecular flexibility index (Phi) is 5.04. The molecule has 2 N–H and O–H groups in total. The number of thioether (sulfide) groups is 1. The first kappa shape index (κ1) is 10.4. The Labute approximate surface area is 79.9 Å². The molecule has 1 heterocycles. The summed E-state index contributed by atoms with van der Waals surface area (Å²) in [5.74, 6) is 3.66. The molecule has 1 atom stereocenters. The Balaban J connectivity index is 2.16. The molecule has 1 aliphatic rings. The van der Waals surface area contributed by atoms with Crippen molar-refractivity contribution < 1.29 is 0 Å². The van der Waals surface area contributed by atoms with Gasteiger partial charge in [-0.2, -0.15) is 11.8 Å². The molecule has 1 unspecified atom stereocenters. The molecule has 0 bridgehead atoms. The normalized spacial score (nSPS) is 23.8. The predicted molar refractivity (Wildman–Crippen MR) is 56.6 cm³/mol. The van der Waals surface area contributed by atoms with Crippen molar-refractivity contribution in [2.75, 3.05) is 37.7 Å². The van der Waals surface area contributed by atoms with Gasteiger partial charge in [0.25, 0.3) is 0 Å². The standard InChI is InChI=1S/C9H20N2S/c1-2-11(5-4-10)7-9-3-6-12-8-9/h9H,2-8,10H2,1H3. The molecule has 2 nitrogen and oxygen atoms in total. The predicted octanol–water partition coefficient (Wildman–Crippen LogP) is 1.02. The summed E-state index contributed by atoms with van der Waals surface area (Å²) in [6, 6.07) is 0. The number of nitrogens with zero attached hydrogens (tertiary/aromatic N) is 1. The molecule has 0 amide bonds. The summed E-state index contributed by atoms with van der Waals surface area (Å²) < 4.78 is 0. The van der Waals surface area contributed by atoms with Crippen LogP contribution in [0.4, 0.5) is 0 Å². The fourth-order valence-corrected chi connectivity index (χ4v) is 2.93. The minimum Gasteiger partial charge on any atom is -0.329 e. The molecule has 0 aromatic carbocycles. The van der Waals surface area contributed by atoms with E-state index < -0.39 is 0 Å². The average molecular weight is 188 g/mol. The number of nitrogens with two attached hydrogens (primary N) is 1. The molecule has 3 heteroatoms. The zero-order valence-corrected chi connectivity index (χ0v) is 8.78. The molecule has 0 spiro atoms. The summed E-state index contributed by atoms with van der Waals surface area (Å²) in [6.45, 7) is 6.50. The van der Waals surface area contributed by atoms with Gasteiger partial charge in [-0.1, -0.05) is 6.92 Å². The largest absolute Gasteiger partial charge is 0.329 e. The number of hydrogen-bond donors (Lipinski definition) is 1. The van der Waals surface area contributed by atoms with Crippen molar-refractivity contribution in [3.8, 4) is 0 Å². The second-order valence-corrected chi connectivity index (χ2v) is 4.56. The number of likely N-dealkylation sites (N-methyl/N-ethyl adjacent to an activating group) is 1. The van der Waals surface area contributed by atoms with Crippen molar-refractivity contribution in [3.63, 3.8) is 0 Å². The van der Waals surface area contributed by atoms with E-state index in [1.165, 1.54) is 24.5 Å². The summed E-state index contributed by atoms with van der Waals surface area (Å²) in [5.41, 5.74) is 5.53. The van der Waals surface area contributed by atoms with E-state index in [2.05, 4.69) is 23.6 Å². The third kappa shape index (κ3) is 3.33. The lowest BCUT2D eigenvalue weighted by atomic mass is 10.1. The molecular weight excluding hydrogens is 168 g/mol. The first-order valence-electron chi connectivity index (χ1n) is 4.87. The third-order valence-corrected chi connectivity index (χ3v) is 3.66. The van der Waals surface area contributed by atoms with Gasteiger partial charge in [0.15, 0.2) is 0 Å². The van der Waals surface area contributed by atoms with Crippen molar-refractivity contribution in [1.82, 2.24) is 4.90 Å². The molecule has 1 fully saturated rings. The molecule has 12 heavy (non-hydrogen) atoms. The Hall–Kier alpha value is 0.270. The van der Waals surface area contributed by atoms with Gasteiger partial charge in [0.2, 0.25) is 0 Å². The van der Waals surface area contributed by atoms with Gasteiger partial charge in [0, 0.05) is 19.6 Å². The molecule has 0 aromatic rings. The monoisotopic (exact) mass is 188 g/mol. The van der Waals surface area contributed by atoms with Gasteiger partial charge in [-0.3, -0.25) is 0 Å². The van der Waals surface area contributed by atoms with Crippen molar-refractivity contribution in [1.29, 1.82) is 0 Å². The lowest BCUT2D eigenvalue weighted by Gasteiger charge is -2.22. The molecule has 0 radical (unpaired) electrons. The van der Waals surface area contributed by atoms with Crippen LogP contribution in [0.25, 0.3) is 0 Å². The molecule has 1 saturated heterocycles. The minimum absolute atomic E-state index is 0.799. The minimum atomic E-state index is 0.799. The van der Waals surface area contributed by atoms with Gasteiger partial charge in [-0.15, -0.1) is 0 Å². The van der Waals surface area contributed by atoms with E-state index in [1.807, 2.05) is 0 Å². The fourth-order valence-electron chi connectivity index (χ4n) is 1.65. The van der Waals surface area contributed by atoms with Crippen molar-refractivity contribution in [3.05, 3.63) is 0 Å². The second-order valence-electron chi connectivity index (χ2n) is 3.41. The zero-order chi connectivity index (χ0) is 8.81. The van der Waals surface area contributed by atoms with E-state index in [4.69, 9.17) is 5.73 Å². The van der Waals surface area contributed by atoms with Crippen LogP contribution in [0.1, 0.15) is 13.3 Å². The highest BCUT2D eigenvalue weighted by molar-refractivity contribution is 7.99. The van der Waals surface area contributed by atoms with E-state index in [9.17, 15) is 0 Å². The first-order chi connectivity index (χ1) is 5.86. The van der Waals surface area contributed by atoms with E-state index >= 15 is 0 Å². The summed E-state index contributed by atoms with van der Waals surface area (Å²) in [4.78, 5) is 2.47. The molecule has 1 rings (SSSR count). The smallest absolute Gasteiger partial charge is 0.0105 e. The quantitative estimate of drug-likeness (QED) is 0.698. The fraction of sp³-hybridized carbons (Fsp3) is 1.00. The summed E-state index contributed by atoms with van der Waals surface area (Å²) in [6.07, 6.45) is 1.41. The topological polar surface area (TPSA) is 29.3 Å². The molecule has 72 valence electrons. The molecule has 0 aromatic heterocycles. The highest BCUT2D eigenvalue weighted by atomic mass is 32.2. The Morgan fingerprint density at radius 3 is 2.92 bits per heavy atom. The Morgan fingerprint density at radius 1 is 1.58 bits per heavy atom. The maximum Gasteiger partial charge on any atom is 0.0105 e. The van der Waals surface area contributed by atoms with Crippen LogP contribution in [0.15, 0.2) is 0 Å². The van der Waals surface area contributed by atoms with Crippen LogP contribution in [-0.4, -0.2) is 42.6 Å². The van der Waals surface area contributed by atoms with Crippen molar-refractivity contribution >= 4 is 11.8 Å². The number of hydrogen-bond acceptors (Lipinski definition) is 3. The SMILES string of the molecule is CCN(CCN)CC1CCSC1. The molecular formula is C9H20N2S. The maximum absolute atomic E-state index is 5.53. The van der Waals surface area contributed by atoms with E-state index in [1.54, 1.807) is 0 Å². The van der Waals surface area contributed by atoms with E-state index in [0.717, 1.165) is 25.6 Å². The van der Waals surface area contributed by atoms with Crippen molar-refractivity contribution in [2.45, 2.75) is 13.3 Å². The molecule has 0 aliphatic carbocycles. The van der Waals surface area contributed by atoms with Gasteiger partial charge >= 0.3 is 0 Å². The zero-order valence-electron chi connectivity index (χ0n) is 7.96. The van der Waals surface area contributed by atoms with Crippen LogP contribution >= 0.6 is 11.8 Å². The van der Waals surface area contributed by atoms with Crippen molar-refractivity contribution in [2.24, 2.45) is 11.7 Å². The lowest BCUT2D eigenvalue weighted by Crippen LogP contribution is -2.33. The Morgan fingerprint density at radius 2 is 2.42 bits per heavy atom. The van der Waals surface area contributed by atoms with Gasteiger partial charge in [0.1, 0.15) is 0 Å². The summed E-state index contributed by atoms with van der Waals surface area (Å²) >= 11 is 2.09. The summed E-state index contributed by atoms with van der Waals surface area (Å²) in [5, 5.41) is 0. The highest BCUT2D eigenvalue weighted by Crippen LogP contribution is 2.23. The highest BCUT2D eigenvalue weighted by Gasteiger charge is 2.17. The lowest BCUT2D eigenvalue weighted by molar-refractivity contribution is 0.257. The maximum atomic E-state index is 5.53. The Bertz CT molecular complexity index is 113.